The molecular weight excluding hydrogens is 276 g/mol. The van der Waals surface area contributed by atoms with E-state index in [4.69, 9.17) is 4.74 Å². The van der Waals surface area contributed by atoms with Gasteiger partial charge >= 0.3 is 0 Å². The molecular formula is C15H23F2N3O. The molecule has 0 saturated heterocycles. The molecule has 1 fully saturated rings. The summed E-state index contributed by atoms with van der Waals surface area (Å²) in [5.74, 6) is -1.90. The van der Waals surface area contributed by atoms with E-state index in [2.05, 4.69) is 22.2 Å². The van der Waals surface area contributed by atoms with Crippen LogP contribution in [0.25, 0.3) is 0 Å². The van der Waals surface area contributed by atoms with Crippen LogP contribution in [-0.2, 0) is 0 Å². The van der Waals surface area contributed by atoms with Crippen molar-refractivity contribution in [3.8, 4) is 5.88 Å². The Balaban J connectivity index is 2.18. The molecule has 4 nitrogen and oxygen atoms in total. The summed E-state index contributed by atoms with van der Waals surface area (Å²) in [5, 5.41) is 3.43. The number of halogens is 2. The van der Waals surface area contributed by atoms with Crippen molar-refractivity contribution < 1.29 is 13.5 Å². The summed E-state index contributed by atoms with van der Waals surface area (Å²) in [6, 6.07) is -0.0790. The molecule has 6 heteroatoms. The third-order valence-corrected chi connectivity index (χ3v) is 4.03. The lowest BCUT2D eigenvalue weighted by molar-refractivity contribution is -0.0500. The number of nitrogens with zero attached hydrogens (tertiary/aromatic N) is 2. The van der Waals surface area contributed by atoms with E-state index in [9.17, 15) is 8.78 Å². The van der Waals surface area contributed by atoms with Crippen LogP contribution in [0.1, 0.15) is 50.8 Å². The van der Waals surface area contributed by atoms with Gasteiger partial charge in [-0.1, -0.05) is 6.92 Å². The minimum atomic E-state index is -2.52. The SMILES string of the molecule is CCCNC(c1nccnc1OC)C1CCC(F)(F)CC1. The Bertz CT molecular complexity index is 446. The zero-order valence-electron chi connectivity index (χ0n) is 12.6. The van der Waals surface area contributed by atoms with Crippen molar-refractivity contribution >= 4 is 0 Å². The van der Waals surface area contributed by atoms with Crippen molar-refractivity contribution in [3.63, 3.8) is 0 Å². The third-order valence-electron chi connectivity index (χ3n) is 4.03. The van der Waals surface area contributed by atoms with E-state index >= 15 is 0 Å². The summed E-state index contributed by atoms with van der Waals surface area (Å²) >= 11 is 0. The maximum absolute atomic E-state index is 13.4. The smallest absolute Gasteiger partial charge is 0.248 e. The van der Waals surface area contributed by atoms with Crippen LogP contribution in [0, 0.1) is 5.92 Å². The minimum Gasteiger partial charge on any atom is -0.480 e. The number of ether oxygens (including phenoxy) is 1. The highest BCUT2D eigenvalue weighted by Crippen LogP contribution is 2.42. The second-order valence-electron chi connectivity index (χ2n) is 5.58. The first-order valence-electron chi connectivity index (χ1n) is 7.53. The lowest BCUT2D eigenvalue weighted by Gasteiger charge is -2.34. The molecule has 1 unspecified atom stereocenters. The van der Waals surface area contributed by atoms with Gasteiger partial charge in [-0.15, -0.1) is 0 Å². The van der Waals surface area contributed by atoms with Crippen molar-refractivity contribution in [2.45, 2.75) is 51.0 Å². The number of hydrogen-bond donors (Lipinski definition) is 1. The maximum atomic E-state index is 13.4. The molecule has 1 saturated carbocycles. The Kier molecular flexibility index (Phi) is 5.45. The molecule has 0 spiro atoms. The average molecular weight is 299 g/mol. The maximum Gasteiger partial charge on any atom is 0.248 e. The monoisotopic (exact) mass is 299 g/mol. The summed E-state index contributed by atoms with van der Waals surface area (Å²) in [6.45, 7) is 2.89. The summed E-state index contributed by atoms with van der Waals surface area (Å²) in [6.07, 6.45) is 5.06. The van der Waals surface area contributed by atoms with Gasteiger partial charge < -0.3 is 10.1 Å². The van der Waals surface area contributed by atoms with E-state index in [1.54, 1.807) is 19.5 Å². The molecule has 0 aromatic carbocycles. The quantitative estimate of drug-likeness (QED) is 0.875. The van der Waals surface area contributed by atoms with E-state index in [-0.39, 0.29) is 24.8 Å². The van der Waals surface area contributed by atoms with E-state index in [0.717, 1.165) is 18.7 Å². The Morgan fingerprint density at radius 1 is 1.33 bits per heavy atom. The Morgan fingerprint density at radius 2 is 2.00 bits per heavy atom. The van der Waals surface area contributed by atoms with Crippen LogP contribution in [0.5, 0.6) is 5.88 Å². The van der Waals surface area contributed by atoms with Crippen molar-refractivity contribution in [2.75, 3.05) is 13.7 Å². The fourth-order valence-corrected chi connectivity index (χ4v) is 2.89. The minimum absolute atomic E-state index is 0.0510. The van der Waals surface area contributed by atoms with Gasteiger partial charge in [-0.05, 0) is 31.7 Å². The standard InChI is InChI=1S/C15H23F2N3O/c1-3-8-18-12(11-4-6-15(16,17)7-5-11)13-14(21-2)20-10-9-19-13/h9-12,18H,3-8H2,1-2H3. The van der Waals surface area contributed by atoms with Crippen LogP contribution in [0.3, 0.4) is 0 Å². The topological polar surface area (TPSA) is 47.0 Å². The Morgan fingerprint density at radius 3 is 2.62 bits per heavy atom. The zero-order valence-corrected chi connectivity index (χ0v) is 12.6. The number of aromatic nitrogens is 2. The molecule has 1 aliphatic carbocycles. The van der Waals surface area contributed by atoms with Crippen molar-refractivity contribution in [1.82, 2.24) is 15.3 Å². The first kappa shape index (κ1) is 16.1. The first-order chi connectivity index (χ1) is 10.1. The molecule has 1 aromatic rings. The van der Waals surface area contributed by atoms with Crippen molar-refractivity contribution in [2.24, 2.45) is 5.92 Å². The highest BCUT2D eigenvalue weighted by atomic mass is 19.3. The van der Waals surface area contributed by atoms with Crippen LogP contribution >= 0.6 is 0 Å². The summed E-state index contributed by atoms with van der Waals surface area (Å²) in [5.41, 5.74) is 0.726. The van der Waals surface area contributed by atoms with Gasteiger partial charge in [0.15, 0.2) is 0 Å². The van der Waals surface area contributed by atoms with E-state index < -0.39 is 5.92 Å². The van der Waals surface area contributed by atoms with Crippen LogP contribution in [0.2, 0.25) is 0 Å². The van der Waals surface area contributed by atoms with Gasteiger partial charge in [0.25, 0.3) is 0 Å². The second kappa shape index (κ2) is 7.11. The van der Waals surface area contributed by atoms with Gasteiger partial charge in [-0.25, -0.2) is 13.8 Å². The van der Waals surface area contributed by atoms with E-state index in [1.165, 1.54) is 0 Å². The molecule has 0 amide bonds. The number of nitrogens with one attached hydrogen (secondary N) is 1. The molecule has 1 N–H and O–H groups in total. The molecule has 118 valence electrons. The lowest BCUT2D eigenvalue weighted by atomic mass is 9.81. The van der Waals surface area contributed by atoms with Gasteiger partial charge in [0.2, 0.25) is 11.8 Å². The number of alkyl halides is 2. The largest absolute Gasteiger partial charge is 0.480 e. The van der Waals surface area contributed by atoms with Crippen molar-refractivity contribution in [1.29, 1.82) is 0 Å². The molecule has 1 aliphatic rings. The summed E-state index contributed by atoms with van der Waals surface area (Å²) < 4.78 is 32.0. The van der Waals surface area contributed by atoms with Crippen LogP contribution in [-0.4, -0.2) is 29.5 Å². The van der Waals surface area contributed by atoms with E-state index in [0.29, 0.717) is 18.7 Å². The first-order valence-corrected chi connectivity index (χ1v) is 7.53. The van der Waals surface area contributed by atoms with Crippen LogP contribution in [0.4, 0.5) is 8.78 Å². The average Bonchev–Trinajstić information content (AvgIpc) is 2.49. The fraction of sp³-hybridized carbons (Fsp3) is 0.733. The summed E-state index contributed by atoms with van der Waals surface area (Å²) in [4.78, 5) is 8.55. The highest BCUT2D eigenvalue weighted by molar-refractivity contribution is 5.22. The predicted octanol–water partition coefficient (Wildman–Crippen LogP) is 3.35. The van der Waals surface area contributed by atoms with Gasteiger partial charge in [0.05, 0.1) is 13.2 Å². The molecule has 1 heterocycles. The second-order valence-corrected chi connectivity index (χ2v) is 5.58. The van der Waals surface area contributed by atoms with Crippen molar-refractivity contribution in [3.05, 3.63) is 18.1 Å². The van der Waals surface area contributed by atoms with Gasteiger partial charge in [0, 0.05) is 25.2 Å². The van der Waals surface area contributed by atoms with Gasteiger partial charge in [-0.3, -0.25) is 4.98 Å². The summed E-state index contributed by atoms with van der Waals surface area (Å²) in [7, 11) is 1.55. The van der Waals surface area contributed by atoms with Crippen LogP contribution < -0.4 is 10.1 Å². The fourth-order valence-electron chi connectivity index (χ4n) is 2.89. The van der Waals surface area contributed by atoms with E-state index in [1.807, 2.05) is 0 Å². The predicted molar refractivity (Wildman–Crippen MR) is 76.5 cm³/mol. The molecule has 0 radical (unpaired) electrons. The molecule has 0 bridgehead atoms. The number of rotatable bonds is 6. The molecule has 21 heavy (non-hydrogen) atoms. The third kappa shape index (κ3) is 4.09. The van der Waals surface area contributed by atoms with Gasteiger partial charge in [0.1, 0.15) is 5.69 Å². The molecule has 2 rings (SSSR count). The highest BCUT2D eigenvalue weighted by Gasteiger charge is 2.39. The van der Waals surface area contributed by atoms with Gasteiger partial charge in [-0.2, -0.15) is 0 Å². The van der Waals surface area contributed by atoms with Crippen LogP contribution in [0.15, 0.2) is 12.4 Å². The molecule has 1 aromatic heterocycles. The molecule has 0 aliphatic heterocycles. The number of hydrogen-bond acceptors (Lipinski definition) is 4. The Hall–Kier alpha value is -1.30. The Labute approximate surface area is 124 Å². The molecule has 1 atom stereocenters. The zero-order chi connectivity index (χ0) is 15.3. The lowest BCUT2D eigenvalue weighted by Crippen LogP contribution is -2.35. The number of methoxy groups -OCH3 is 1. The normalized spacial score (nSPS) is 20.2.